The van der Waals surface area contributed by atoms with Gasteiger partial charge in [-0.05, 0) is 30.2 Å². The second kappa shape index (κ2) is 7.82. The van der Waals surface area contributed by atoms with E-state index in [1.54, 1.807) is 24.3 Å². The zero-order chi connectivity index (χ0) is 18.6. The lowest BCUT2D eigenvalue weighted by Crippen LogP contribution is -2.30. The van der Waals surface area contributed by atoms with Crippen molar-refractivity contribution in [2.24, 2.45) is 0 Å². The summed E-state index contributed by atoms with van der Waals surface area (Å²) in [5.41, 5.74) is 4.05. The maximum absolute atomic E-state index is 12.3. The van der Waals surface area contributed by atoms with E-state index in [0.29, 0.717) is 16.5 Å². The highest BCUT2D eigenvalue weighted by molar-refractivity contribution is 6.30. The smallest absolute Gasteiger partial charge is 0.308 e. The number of amides is 2. The Balaban J connectivity index is 1.38. The Morgan fingerprint density at radius 1 is 1.15 bits per heavy atom. The molecule has 0 aliphatic carbocycles. The van der Waals surface area contributed by atoms with Gasteiger partial charge in [-0.3, -0.25) is 15.3 Å². The molecule has 2 amide bonds. The van der Waals surface area contributed by atoms with Gasteiger partial charge in [-0.2, -0.15) is 5.10 Å². The van der Waals surface area contributed by atoms with E-state index in [9.17, 15) is 4.79 Å². The quantitative estimate of drug-likeness (QED) is 0.632. The summed E-state index contributed by atoms with van der Waals surface area (Å²) in [4.78, 5) is 14.6. The SMILES string of the molecule is O=C(Nc1cccc(Cl)c1)Nc1n[nH]c2c1CCN(Cc1ccccc1)C2. The Morgan fingerprint density at radius 2 is 2.00 bits per heavy atom. The minimum atomic E-state index is -0.335. The average Bonchev–Trinajstić information content (AvgIpc) is 3.04. The Morgan fingerprint density at radius 3 is 2.81 bits per heavy atom. The summed E-state index contributed by atoms with van der Waals surface area (Å²) in [7, 11) is 0. The molecule has 1 aromatic heterocycles. The molecular weight excluding hydrogens is 362 g/mol. The number of aromatic nitrogens is 2. The van der Waals surface area contributed by atoms with Crippen LogP contribution in [0.4, 0.5) is 16.3 Å². The Bertz CT molecular complexity index is 941. The van der Waals surface area contributed by atoms with Crippen molar-refractivity contribution in [1.82, 2.24) is 15.1 Å². The second-order valence-electron chi connectivity index (χ2n) is 6.57. The van der Waals surface area contributed by atoms with E-state index in [-0.39, 0.29) is 6.03 Å². The van der Waals surface area contributed by atoms with Crippen molar-refractivity contribution in [3.8, 4) is 0 Å². The molecule has 0 bridgehead atoms. The molecule has 0 fully saturated rings. The van der Waals surface area contributed by atoms with Crippen LogP contribution in [0.1, 0.15) is 16.8 Å². The van der Waals surface area contributed by atoms with Crippen LogP contribution in [0.5, 0.6) is 0 Å². The van der Waals surface area contributed by atoms with Crippen molar-refractivity contribution in [3.05, 3.63) is 76.4 Å². The monoisotopic (exact) mass is 381 g/mol. The largest absolute Gasteiger partial charge is 0.324 e. The molecular formula is C20H20ClN5O. The summed E-state index contributed by atoms with van der Waals surface area (Å²) < 4.78 is 0. The van der Waals surface area contributed by atoms with E-state index in [1.165, 1.54) is 5.56 Å². The molecule has 0 atom stereocenters. The van der Waals surface area contributed by atoms with Crippen LogP contribution in [0.25, 0.3) is 0 Å². The van der Waals surface area contributed by atoms with E-state index in [1.807, 2.05) is 6.07 Å². The number of aromatic amines is 1. The van der Waals surface area contributed by atoms with Crippen LogP contribution in [-0.4, -0.2) is 27.7 Å². The molecule has 3 aromatic rings. The normalized spacial score (nSPS) is 13.8. The number of nitrogens with one attached hydrogen (secondary N) is 3. The summed E-state index contributed by atoms with van der Waals surface area (Å²) in [5.74, 6) is 0.587. The number of fused-ring (bicyclic) bond motifs is 1. The first kappa shape index (κ1) is 17.6. The minimum absolute atomic E-state index is 0.335. The molecule has 0 saturated carbocycles. The zero-order valence-electron chi connectivity index (χ0n) is 14.7. The van der Waals surface area contributed by atoms with E-state index in [0.717, 1.165) is 37.3 Å². The van der Waals surface area contributed by atoms with Gasteiger partial charge in [-0.1, -0.05) is 48.0 Å². The number of benzene rings is 2. The van der Waals surface area contributed by atoms with Gasteiger partial charge in [0, 0.05) is 35.9 Å². The Hall–Kier alpha value is -2.83. The summed E-state index contributed by atoms with van der Waals surface area (Å²) >= 11 is 5.94. The van der Waals surface area contributed by atoms with Crippen LogP contribution >= 0.6 is 11.6 Å². The maximum atomic E-state index is 12.3. The molecule has 3 N–H and O–H groups in total. The molecule has 0 saturated heterocycles. The molecule has 0 radical (unpaired) electrons. The summed E-state index contributed by atoms with van der Waals surface area (Å²) in [6, 6.07) is 17.1. The highest BCUT2D eigenvalue weighted by atomic mass is 35.5. The number of anilines is 2. The van der Waals surface area contributed by atoms with Crippen molar-refractivity contribution in [3.63, 3.8) is 0 Å². The second-order valence-corrected chi connectivity index (χ2v) is 7.00. The third kappa shape index (κ3) is 4.30. The molecule has 6 nitrogen and oxygen atoms in total. The third-order valence-electron chi connectivity index (χ3n) is 4.58. The van der Waals surface area contributed by atoms with Gasteiger partial charge in [0.15, 0.2) is 5.82 Å². The van der Waals surface area contributed by atoms with Gasteiger partial charge >= 0.3 is 6.03 Å². The molecule has 138 valence electrons. The number of halogens is 1. The summed E-state index contributed by atoms with van der Waals surface area (Å²) in [6.07, 6.45) is 0.839. The van der Waals surface area contributed by atoms with Crippen molar-refractivity contribution >= 4 is 29.1 Å². The van der Waals surface area contributed by atoms with Crippen molar-refractivity contribution in [2.45, 2.75) is 19.5 Å². The van der Waals surface area contributed by atoms with Crippen LogP contribution in [0, 0.1) is 0 Å². The Labute approximate surface area is 162 Å². The third-order valence-corrected chi connectivity index (χ3v) is 4.81. The summed E-state index contributed by atoms with van der Waals surface area (Å²) in [5, 5.41) is 13.5. The number of hydrogen-bond acceptors (Lipinski definition) is 3. The fourth-order valence-electron chi connectivity index (χ4n) is 3.29. The van der Waals surface area contributed by atoms with Crippen LogP contribution in [0.3, 0.4) is 0 Å². The van der Waals surface area contributed by atoms with E-state index in [4.69, 9.17) is 11.6 Å². The van der Waals surface area contributed by atoms with Gasteiger partial charge in [0.25, 0.3) is 0 Å². The number of nitrogens with zero attached hydrogens (tertiary/aromatic N) is 2. The van der Waals surface area contributed by atoms with E-state index >= 15 is 0 Å². The lowest BCUT2D eigenvalue weighted by Gasteiger charge is -2.26. The first-order valence-corrected chi connectivity index (χ1v) is 9.21. The lowest BCUT2D eigenvalue weighted by molar-refractivity contribution is 0.242. The molecule has 2 aromatic carbocycles. The fraction of sp³-hybridized carbons (Fsp3) is 0.200. The van der Waals surface area contributed by atoms with Gasteiger partial charge in [0.2, 0.25) is 0 Å². The number of carbonyl (C=O) groups is 1. The molecule has 1 aliphatic heterocycles. The highest BCUT2D eigenvalue weighted by Gasteiger charge is 2.22. The number of rotatable bonds is 4. The molecule has 4 rings (SSSR count). The van der Waals surface area contributed by atoms with E-state index < -0.39 is 0 Å². The number of urea groups is 1. The minimum Gasteiger partial charge on any atom is -0.308 e. The maximum Gasteiger partial charge on any atom is 0.324 e. The Kier molecular flexibility index (Phi) is 5.09. The first-order chi connectivity index (χ1) is 13.2. The van der Waals surface area contributed by atoms with Crippen LogP contribution in [0.15, 0.2) is 54.6 Å². The molecule has 0 unspecified atom stereocenters. The number of carbonyl (C=O) groups excluding carboxylic acids is 1. The molecule has 27 heavy (non-hydrogen) atoms. The molecule has 1 aliphatic rings. The van der Waals surface area contributed by atoms with Gasteiger partial charge < -0.3 is 5.32 Å². The van der Waals surface area contributed by atoms with Crippen molar-refractivity contribution < 1.29 is 4.79 Å². The van der Waals surface area contributed by atoms with E-state index in [2.05, 4.69) is 50.0 Å². The van der Waals surface area contributed by atoms with Gasteiger partial charge in [0.1, 0.15) is 0 Å². The molecule has 2 heterocycles. The van der Waals surface area contributed by atoms with Gasteiger partial charge in [-0.15, -0.1) is 0 Å². The van der Waals surface area contributed by atoms with Gasteiger partial charge in [-0.25, -0.2) is 4.79 Å². The van der Waals surface area contributed by atoms with Crippen LogP contribution in [-0.2, 0) is 19.5 Å². The van der Waals surface area contributed by atoms with Crippen LogP contribution < -0.4 is 10.6 Å². The highest BCUT2D eigenvalue weighted by Crippen LogP contribution is 2.25. The fourth-order valence-corrected chi connectivity index (χ4v) is 3.48. The van der Waals surface area contributed by atoms with Gasteiger partial charge in [0.05, 0.1) is 5.69 Å². The van der Waals surface area contributed by atoms with Crippen molar-refractivity contribution in [1.29, 1.82) is 0 Å². The molecule has 7 heteroatoms. The average molecular weight is 382 g/mol. The summed E-state index contributed by atoms with van der Waals surface area (Å²) in [6.45, 7) is 2.61. The van der Waals surface area contributed by atoms with Crippen LogP contribution in [0.2, 0.25) is 5.02 Å². The predicted molar refractivity (Wildman–Crippen MR) is 107 cm³/mol. The number of H-pyrrole nitrogens is 1. The standard InChI is InChI=1S/C20H20ClN5O/c21-15-7-4-8-16(11-15)22-20(27)23-19-17-9-10-26(13-18(17)24-25-19)12-14-5-2-1-3-6-14/h1-8,11H,9-10,12-13H2,(H3,22,23,24,25,27). The van der Waals surface area contributed by atoms with Crippen molar-refractivity contribution in [2.75, 3.05) is 17.2 Å². The number of hydrogen-bond donors (Lipinski definition) is 3. The molecule has 0 spiro atoms. The first-order valence-electron chi connectivity index (χ1n) is 8.83. The topological polar surface area (TPSA) is 73.0 Å². The zero-order valence-corrected chi connectivity index (χ0v) is 15.5. The lowest BCUT2D eigenvalue weighted by atomic mass is 10.1. The predicted octanol–water partition coefficient (Wildman–Crippen LogP) is 4.27.